The van der Waals surface area contributed by atoms with Crippen molar-refractivity contribution in [3.63, 3.8) is 0 Å². The van der Waals surface area contributed by atoms with E-state index in [1.54, 1.807) is 0 Å². The molecular weight excluding hydrogens is 162 g/mol. The molecule has 0 unspecified atom stereocenters. The van der Waals surface area contributed by atoms with E-state index >= 15 is 0 Å². The van der Waals surface area contributed by atoms with E-state index in [9.17, 15) is 0 Å². The van der Waals surface area contributed by atoms with Crippen molar-refractivity contribution < 1.29 is 4.74 Å². The van der Waals surface area contributed by atoms with Crippen molar-refractivity contribution in [1.82, 2.24) is 0 Å². The van der Waals surface area contributed by atoms with Crippen LogP contribution in [0.15, 0.2) is 18.2 Å². The first-order chi connectivity index (χ1) is 6.33. The number of nitrogens with two attached hydrogens (primary N) is 1. The molecule has 13 heavy (non-hydrogen) atoms. The summed E-state index contributed by atoms with van der Waals surface area (Å²) >= 11 is 0. The minimum Gasteiger partial charge on any atom is -0.375 e. The van der Waals surface area contributed by atoms with Gasteiger partial charge in [-0.2, -0.15) is 0 Å². The second-order valence-corrected chi connectivity index (χ2v) is 3.46. The molecule has 2 N–H and O–H groups in total. The molecule has 0 bridgehead atoms. The van der Waals surface area contributed by atoms with Crippen LogP contribution in [0.4, 0.5) is 0 Å². The molecule has 0 spiro atoms. The monoisotopic (exact) mass is 177 g/mol. The van der Waals surface area contributed by atoms with Crippen LogP contribution in [0.5, 0.6) is 0 Å². The van der Waals surface area contributed by atoms with E-state index in [2.05, 4.69) is 25.1 Å². The Morgan fingerprint density at radius 3 is 3.15 bits per heavy atom. The third-order valence-corrected chi connectivity index (χ3v) is 2.63. The summed E-state index contributed by atoms with van der Waals surface area (Å²) < 4.78 is 5.43. The largest absolute Gasteiger partial charge is 0.375 e. The van der Waals surface area contributed by atoms with E-state index in [-0.39, 0.29) is 6.04 Å². The average Bonchev–Trinajstić information content (AvgIpc) is 2.18. The van der Waals surface area contributed by atoms with E-state index < -0.39 is 0 Å². The molecule has 0 saturated carbocycles. The first-order valence-corrected chi connectivity index (χ1v) is 4.77. The van der Waals surface area contributed by atoms with E-state index in [0.29, 0.717) is 6.61 Å². The molecule has 0 aromatic heterocycles. The third kappa shape index (κ3) is 1.47. The van der Waals surface area contributed by atoms with Crippen molar-refractivity contribution in [2.24, 2.45) is 5.73 Å². The topological polar surface area (TPSA) is 35.2 Å². The predicted molar refractivity (Wildman–Crippen MR) is 52.4 cm³/mol. The van der Waals surface area contributed by atoms with E-state index in [1.165, 1.54) is 16.7 Å². The summed E-state index contributed by atoms with van der Waals surface area (Å²) in [4.78, 5) is 0. The average molecular weight is 177 g/mol. The number of hydrogen-bond donors (Lipinski definition) is 1. The Balaban J connectivity index is 2.48. The fourth-order valence-electron chi connectivity index (χ4n) is 1.89. The molecule has 1 atom stereocenters. The van der Waals surface area contributed by atoms with Crippen LogP contribution < -0.4 is 5.73 Å². The summed E-state index contributed by atoms with van der Waals surface area (Å²) in [5.41, 5.74) is 9.89. The van der Waals surface area contributed by atoms with Gasteiger partial charge in [-0.25, -0.2) is 0 Å². The summed E-state index contributed by atoms with van der Waals surface area (Å²) in [7, 11) is 0. The van der Waals surface area contributed by atoms with Crippen molar-refractivity contribution in [2.45, 2.75) is 26.0 Å². The van der Waals surface area contributed by atoms with Crippen LogP contribution in [0.25, 0.3) is 0 Å². The van der Waals surface area contributed by atoms with Gasteiger partial charge in [0.1, 0.15) is 0 Å². The zero-order valence-corrected chi connectivity index (χ0v) is 7.92. The maximum absolute atomic E-state index is 5.94. The molecule has 1 aromatic carbocycles. The Hall–Kier alpha value is -0.860. The summed E-state index contributed by atoms with van der Waals surface area (Å²) in [5.74, 6) is 0. The van der Waals surface area contributed by atoms with Crippen LogP contribution >= 0.6 is 0 Å². The molecule has 0 amide bonds. The fourth-order valence-corrected chi connectivity index (χ4v) is 1.89. The molecule has 1 aliphatic heterocycles. The van der Waals surface area contributed by atoms with E-state index in [4.69, 9.17) is 10.5 Å². The molecule has 1 heterocycles. The second-order valence-electron chi connectivity index (χ2n) is 3.46. The summed E-state index contributed by atoms with van der Waals surface area (Å²) in [5, 5.41) is 0. The number of aryl methyl sites for hydroxylation is 1. The Bertz CT molecular complexity index is 309. The van der Waals surface area contributed by atoms with E-state index in [0.717, 1.165) is 13.0 Å². The van der Waals surface area contributed by atoms with Crippen LogP contribution in [0.3, 0.4) is 0 Å². The van der Waals surface area contributed by atoms with Crippen LogP contribution in [0.2, 0.25) is 0 Å². The summed E-state index contributed by atoms with van der Waals surface area (Å²) in [6.45, 7) is 3.54. The van der Waals surface area contributed by atoms with Gasteiger partial charge in [0, 0.05) is 0 Å². The standard InChI is InChI=1S/C11H15NO/c1-2-8-4-3-5-9-10(8)6-13-7-11(9)12/h3-5,11H,2,6-7,12H2,1H3/t11-/m0/s1. The van der Waals surface area contributed by atoms with Gasteiger partial charge in [-0.3, -0.25) is 0 Å². The van der Waals surface area contributed by atoms with Gasteiger partial charge in [-0.1, -0.05) is 25.1 Å². The minimum absolute atomic E-state index is 0.0650. The number of rotatable bonds is 1. The number of fused-ring (bicyclic) bond motifs is 1. The van der Waals surface area contributed by atoms with Crippen molar-refractivity contribution in [3.8, 4) is 0 Å². The number of hydrogen-bond acceptors (Lipinski definition) is 2. The molecule has 2 nitrogen and oxygen atoms in total. The van der Waals surface area contributed by atoms with Crippen molar-refractivity contribution in [3.05, 3.63) is 34.9 Å². The first kappa shape index (κ1) is 8.73. The van der Waals surface area contributed by atoms with Gasteiger partial charge >= 0.3 is 0 Å². The van der Waals surface area contributed by atoms with Gasteiger partial charge < -0.3 is 10.5 Å². The Kier molecular flexibility index (Phi) is 2.34. The van der Waals surface area contributed by atoms with Crippen molar-refractivity contribution in [1.29, 1.82) is 0 Å². The highest BCUT2D eigenvalue weighted by atomic mass is 16.5. The van der Waals surface area contributed by atoms with Gasteiger partial charge in [-0.15, -0.1) is 0 Å². The quantitative estimate of drug-likeness (QED) is 0.709. The van der Waals surface area contributed by atoms with Crippen LogP contribution in [0, 0.1) is 0 Å². The molecule has 1 aromatic rings. The Morgan fingerprint density at radius 2 is 2.38 bits per heavy atom. The SMILES string of the molecule is CCc1cccc2c1COC[C@@H]2N. The molecule has 1 aliphatic rings. The summed E-state index contributed by atoms with van der Waals surface area (Å²) in [6.07, 6.45) is 1.05. The van der Waals surface area contributed by atoms with E-state index in [1.807, 2.05) is 0 Å². The second kappa shape index (κ2) is 3.48. The zero-order valence-electron chi connectivity index (χ0n) is 7.92. The lowest BCUT2D eigenvalue weighted by Gasteiger charge is -2.24. The lowest BCUT2D eigenvalue weighted by molar-refractivity contribution is 0.0917. The lowest BCUT2D eigenvalue weighted by Crippen LogP contribution is -2.24. The molecule has 0 saturated heterocycles. The fraction of sp³-hybridized carbons (Fsp3) is 0.455. The van der Waals surface area contributed by atoms with Crippen molar-refractivity contribution in [2.75, 3.05) is 6.61 Å². The highest BCUT2D eigenvalue weighted by Crippen LogP contribution is 2.25. The van der Waals surface area contributed by atoms with Gasteiger partial charge in [-0.05, 0) is 23.1 Å². The zero-order chi connectivity index (χ0) is 9.26. The van der Waals surface area contributed by atoms with Crippen LogP contribution in [-0.2, 0) is 17.8 Å². The molecule has 2 heteroatoms. The molecule has 2 rings (SSSR count). The molecular formula is C11H15NO. The predicted octanol–water partition coefficient (Wildman–Crippen LogP) is 1.78. The molecule has 0 aliphatic carbocycles. The number of benzene rings is 1. The minimum atomic E-state index is 0.0650. The van der Waals surface area contributed by atoms with Gasteiger partial charge in [0.25, 0.3) is 0 Å². The molecule has 0 fully saturated rings. The Morgan fingerprint density at radius 1 is 1.54 bits per heavy atom. The third-order valence-electron chi connectivity index (χ3n) is 2.63. The number of ether oxygens (including phenoxy) is 1. The molecule has 70 valence electrons. The Labute approximate surface area is 78.7 Å². The van der Waals surface area contributed by atoms with Crippen LogP contribution in [0.1, 0.15) is 29.7 Å². The summed E-state index contributed by atoms with van der Waals surface area (Å²) in [6, 6.07) is 6.42. The maximum Gasteiger partial charge on any atom is 0.0723 e. The lowest BCUT2D eigenvalue weighted by atomic mass is 9.94. The highest BCUT2D eigenvalue weighted by molar-refractivity contribution is 5.37. The maximum atomic E-state index is 5.94. The molecule has 0 radical (unpaired) electrons. The van der Waals surface area contributed by atoms with Crippen molar-refractivity contribution >= 4 is 0 Å². The normalized spacial score (nSPS) is 21.2. The smallest absolute Gasteiger partial charge is 0.0723 e. The van der Waals surface area contributed by atoms with Crippen LogP contribution in [-0.4, -0.2) is 6.61 Å². The van der Waals surface area contributed by atoms with Gasteiger partial charge in [0.15, 0.2) is 0 Å². The van der Waals surface area contributed by atoms with Gasteiger partial charge in [0.2, 0.25) is 0 Å². The highest BCUT2D eigenvalue weighted by Gasteiger charge is 2.18. The first-order valence-electron chi connectivity index (χ1n) is 4.77. The van der Waals surface area contributed by atoms with Gasteiger partial charge in [0.05, 0.1) is 19.3 Å².